The van der Waals surface area contributed by atoms with Gasteiger partial charge in [-0.05, 0) is 12.8 Å². The molecule has 27 heavy (non-hydrogen) atoms. The molecule has 0 aromatic carbocycles. The third-order valence-corrected chi connectivity index (χ3v) is 5.20. The van der Waals surface area contributed by atoms with Crippen molar-refractivity contribution in [3.05, 3.63) is 0 Å². The summed E-state index contributed by atoms with van der Waals surface area (Å²) in [6, 6.07) is 0. The molecule has 0 spiro atoms. The van der Waals surface area contributed by atoms with Crippen LogP contribution in [-0.4, -0.2) is 11.9 Å². The molecule has 0 aromatic heterocycles. The third kappa shape index (κ3) is 21.3. The lowest BCUT2D eigenvalue weighted by atomic mass is 10.0. The monoisotopic (exact) mass is 382 g/mol. The first-order valence-electron chi connectivity index (χ1n) is 11.9. The van der Waals surface area contributed by atoms with Gasteiger partial charge >= 0.3 is 11.9 Å². The first kappa shape index (κ1) is 26.1. The summed E-state index contributed by atoms with van der Waals surface area (Å²) in [5, 5.41) is 0. The molecule has 0 rings (SSSR count). The largest absolute Gasteiger partial charge is 0.393 e. The summed E-state index contributed by atoms with van der Waals surface area (Å²) in [5.74, 6) is -0.694. The van der Waals surface area contributed by atoms with Crippen LogP contribution in [0.4, 0.5) is 0 Å². The van der Waals surface area contributed by atoms with Gasteiger partial charge in [0, 0.05) is 12.8 Å². The van der Waals surface area contributed by atoms with Crippen LogP contribution in [0.15, 0.2) is 0 Å². The van der Waals surface area contributed by atoms with Crippen molar-refractivity contribution in [2.75, 3.05) is 0 Å². The zero-order valence-corrected chi connectivity index (χ0v) is 18.4. The molecule has 0 saturated carbocycles. The van der Waals surface area contributed by atoms with Crippen molar-refractivity contribution in [3.63, 3.8) is 0 Å². The Bertz CT molecular complexity index is 339. The summed E-state index contributed by atoms with van der Waals surface area (Å²) in [4.78, 5) is 23.0. The second-order valence-corrected chi connectivity index (χ2v) is 8.00. The Kier molecular flexibility index (Phi) is 20.8. The Hall–Kier alpha value is -0.860. The molecule has 0 aliphatic rings. The Morgan fingerprint density at radius 1 is 0.444 bits per heavy atom. The van der Waals surface area contributed by atoms with Gasteiger partial charge in [-0.15, -0.1) is 0 Å². The average molecular weight is 383 g/mol. The molecule has 0 aliphatic heterocycles. The second kappa shape index (κ2) is 21.4. The minimum atomic E-state index is -0.352. The van der Waals surface area contributed by atoms with Gasteiger partial charge in [0.2, 0.25) is 0 Å². The van der Waals surface area contributed by atoms with Crippen molar-refractivity contribution >= 4 is 11.9 Å². The van der Waals surface area contributed by atoms with Crippen molar-refractivity contribution in [3.8, 4) is 0 Å². The number of unbranched alkanes of at least 4 members (excludes halogenated alkanes) is 16. The van der Waals surface area contributed by atoms with Gasteiger partial charge < -0.3 is 4.74 Å². The summed E-state index contributed by atoms with van der Waals surface area (Å²) in [6.07, 6.45) is 23.3. The van der Waals surface area contributed by atoms with Crippen LogP contribution >= 0.6 is 0 Å². The minimum Gasteiger partial charge on any atom is -0.393 e. The van der Waals surface area contributed by atoms with Gasteiger partial charge in [-0.25, -0.2) is 0 Å². The van der Waals surface area contributed by atoms with Crippen LogP contribution in [0.25, 0.3) is 0 Å². The molecule has 0 saturated heterocycles. The zero-order chi connectivity index (χ0) is 20.0. The van der Waals surface area contributed by atoms with E-state index in [1.807, 2.05) is 0 Å². The van der Waals surface area contributed by atoms with Crippen LogP contribution in [0.1, 0.15) is 142 Å². The van der Waals surface area contributed by atoms with Crippen LogP contribution in [0.2, 0.25) is 0 Å². The Balaban J connectivity index is 3.22. The molecule has 0 radical (unpaired) electrons. The van der Waals surface area contributed by atoms with Gasteiger partial charge in [0.25, 0.3) is 0 Å². The summed E-state index contributed by atoms with van der Waals surface area (Å²) in [6.45, 7) is 4.36. The van der Waals surface area contributed by atoms with E-state index >= 15 is 0 Å². The fourth-order valence-electron chi connectivity index (χ4n) is 3.39. The number of carbonyl (C=O) groups excluding carboxylic acids is 2. The molecule has 0 aliphatic carbocycles. The van der Waals surface area contributed by atoms with Crippen LogP contribution in [0, 0.1) is 0 Å². The predicted octanol–water partition coefficient (Wildman–Crippen LogP) is 7.90. The number of hydrogen-bond acceptors (Lipinski definition) is 3. The first-order valence-corrected chi connectivity index (χ1v) is 11.9. The highest BCUT2D eigenvalue weighted by Gasteiger charge is 2.09. The van der Waals surface area contributed by atoms with E-state index in [9.17, 15) is 9.59 Å². The molecule has 0 heterocycles. The molecule has 0 unspecified atom stereocenters. The highest BCUT2D eigenvalue weighted by atomic mass is 16.6. The highest BCUT2D eigenvalue weighted by molar-refractivity contribution is 5.85. The topological polar surface area (TPSA) is 43.4 Å². The normalized spacial score (nSPS) is 10.9. The van der Waals surface area contributed by atoms with E-state index < -0.39 is 0 Å². The SMILES string of the molecule is CCCCCCCCCCCCCCCCCC(=O)OC(=O)CCCCC. The number of hydrogen-bond donors (Lipinski definition) is 0. The molecule has 0 bridgehead atoms. The van der Waals surface area contributed by atoms with Gasteiger partial charge in [0.05, 0.1) is 0 Å². The smallest absolute Gasteiger partial charge is 0.313 e. The lowest BCUT2D eigenvalue weighted by Crippen LogP contribution is -2.11. The van der Waals surface area contributed by atoms with Crippen LogP contribution in [-0.2, 0) is 14.3 Å². The molecule has 0 aromatic rings. The van der Waals surface area contributed by atoms with Gasteiger partial charge in [-0.3, -0.25) is 9.59 Å². The van der Waals surface area contributed by atoms with E-state index in [1.54, 1.807) is 0 Å². The maximum Gasteiger partial charge on any atom is 0.313 e. The van der Waals surface area contributed by atoms with Gasteiger partial charge in [0.15, 0.2) is 0 Å². The van der Waals surface area contributed by atoms with Gasteiger partial charge in [-0.1, -0.05) is 117 Å². The lowest BCUT2D eigenvalue weighted by Gasteiger charge is -2.04. The molecule has 3 heteroatoms. The van der Waals surface area contributed by atoms with E-state index in [-0.39, 0.29) is 11.9 Å². The molecule has 0 amide bonds. The van der Waals surface area contributed by atoms with E-state index in [1.165, 1.54) is 83.5 Å². The summed E-state index contributed by atoms with van der Waals surface area (Å²) in [7, 11) is 0. The Morgan fingerprint density at radius 2 is 0.704 bits per heavy atom. The number of esters is 2. The molecule has 0 N–H and O–H groups in total. The summed E-state index contributed by atoms with van der Waals surface area (Å²) in [5.41, 5.74) is 0. The van der Waals surface area contributed by atoms with Crippen molar-refractivity contribution < 1.29 is 14.3 Å². The van der Waals surface area contributed by atoms with Gasteiger partial charge in [-0.2, -0.15) is 0 Å². The van der Waals surface area contributed by atoms with Crippen molar-refractivity contribution in [2.24, 2.45) is 0 Å². The van der Waals surface area contributed by atoms with E-state index in [0.29, 0.717) is 12.8 Å². The van der Waals surface area contributed by atoms with E-state index in [4.69, 9.17) is 4.74 Å². The summed E-state index contributed by atoms with van der Waals surface area (Å²) < 4.78 is 4.84. The molecular weight excluding hydrogens is 336 g/mol. The van der Waals surface area contributed by atoms with Crippen molar-refractivity contribution in [1.29, 1.82) is 0 Å². The minimum absolute atomic E-state index is 0.341. The van der Waals surface area contributed by atoms with E-state index in [0.717, 1.165) is 32.1 Å². The number of carbonyl (C=O) groups is 2. The molecular formula is C24H46O3. The molecule has 0 atom stereocenters. The predicted molar refractivity (Wildman–Crippen MR) is 115 cm³/mol. The quantitative estimate of drug-likeness (QED) is 0.122. The van der Waals surface area contributed by atoms with Gasteiger partial charge in [0.1, 0.15) is 0 Å². The maximum atomic E-state index is 11.6. The Labute approximate surface area is 169 Å². The molecule has 0 fully saturated rings. The lowest BCUT2D eigenvalue weighted by molar-refractivity contribution is -0.159. The second-order valence-electron chi connectivity index (χ2n) is 8.00. The van der Waals surface area contributed by atoms with Crippen molar-refractivity contribution in [1.82, 2.24) is 0 Å². The van der Waals surface area contributed by atoms with Crippen molar-refractivity contribution in [2.45, 2.75) is 142 Å². The van der Waals surface area contributed by atoms with Crippen LogP contribution < -0.4 is 0 Å². The third-order valence-electron chi connectivity index (χ3n) is 5.20. The molecule has 3 nitrogen and oxygen atoms in total. The number of rotatable bonds is 20. The summed E-state index contributed by atoms with van der Waals surface area (Å²) >= 11 is 0. The average Bonchev–Trinajstić information content (AvgIpc) is 2.65. The standard InChI is InChI=1S/C24H46O3/c1-3-5-7-8-9-10-11-12-13-14-15-16-17-18-20-22-24(26)27-23(25)21-19-6-4-2/h3-22H2,1-2H3. The van der Waals surface area contributed by atoms with Crippen LogP contribution in [0.3, 0.4) is 0 Å². The van der Waals surface area contributed by atoms with E-state index in [2.05, 4.69) is 13.8 Å². The fourth-order valence-corrected chi connectivity index (χ4v) is 3.39. The zero-order valence-electron chi connectivity index (χ0n) is 18.4. The maximum absolute atomic E-state index is 11.6. The highest BCUT2D eigenvalue weighted by Crippen LogP contribution is 2.14. The first-order chi connectivity index (χ1) is 13.2. The van der Waals surface area contributed by atoms with Crippen LogP contribution in [0.5, 0.6) is 0 Å². The fraction of sp³-hybridized carbons (Fsp3) is 0.917. The Morgan fingerprint density at radius 3 is 1.07 bits per heavy atom. The number of ether oxygens (including phenoxy) is 1. The molecule has 160 valence electrons.